The number of aliphatic hydroxyl groups is 1. The third-order valence-corrected chi connectivity index (χ3v) is 5.15. The van der Waals surface area contributed by atoms with Gasteiger partial charge in [-0.1, -0.05) is 44.2 Å². The van der Waals surface area contributed by atoms with Crippen LogP contribution in [0, 0.1) is 5.92 Å². The molecule has 4 atom stereocenters. The number of amides is 5. The van der Waals surface area contributed by atoms with Crippen LogP contribution in [-0.4, -0.2) is 76.5 Å². The van der Waals surface area contributed by atoms with Gasteiger partial charge in [0.1, 0.15) is 24.2 Å². The van der Waals surface area contributed by atoms with Crippen LogP contribution in [0.5, 0.6) is 0 Å². The third-order valence-electron chi connectivity index (χ3n) is 5.15. The average Bonchev–Trinajstić information content (AvgIpc) is 2.80. The van der Waals surface area contributed by atoms with E-state index in [-0.39, 0.29) is 18.8 Å². The molecule has 0 radical (unpaired) electrons. The zero-order valence-electron chi connectivity index (χ0n) is 21.0. The van der Waals surface area contributed by atoms with Gasteiger partial charge in [0.15, 0.2) is 0 Å². The van der Waals surface area contributed by atoms with Crippen molar-refractivity contribution in [2.24, 2.45) is 11.7 Å². The van der Waals surface area contributed by atoms with E-state index in [9.17, 15) is 39.0 Å². The molecule has 1 aromatic carbocycles. The first kappa shape index (κ1) is 31.0. The number of nitrogens with one attached hydrogen (secondary N) is 4. The van der Waals surface area contributed by atoms with Crippen LogP contribution < -0.4 is 27.0 Å². The van der Waals surface area contributed by atoms with Crippen molar-refractivity contribution in [3.05, 3.63) is 35.9 Å². The Kier molecular flexibility index (Phi) is 12.7. The van der Waals surface area contributed by atoms with Crippen molar-refractivity contribution in [3.8, 4) is 0 Å². The van der Waals surface area contributed by atoms with Crippen LogP contribution in [0.3, 0.4) is 0 Å². The topological polar surface area (TPSA) is 217 Å². The molecule has 0 bridgehead atoms. The molecular weight excluding hydrogens is 486 g/mol. The molecule has 0 aromatic heterocycles. The molecule has 1 rings (SSSR count). The van der Waals surface area contributed by atoms with Gasteiger partial charge in [-0.2, -0.15) is 0 Å². The third kappa shape index (κ3) is 11.5. The van der Waals surface area contributed by atoms with Crippen LogP contribution in [0.4, 0.5) is 0 Å². The predicted molar refractivity (Wildman–Crippen MR) is 132 cm³/mol. The number of aliphatic hydroxyl groups excluding tert-OH is 1. The number of hydrogen-bond acceptors (Lipinski definition) is 7. The minimum Gasteiger partial charge on any atom is -0.480 e. The second kappa shape index (κ2) is 15.2. The molecule has 0 fully saturated rings. The number of carboxylic acid groups (broad SMARTS) is 1. The number of aliphatic carboxylic acids is 1. The van der Waals surface area contributed by atoms with Crippen molar-refractivity contribution in [3.63, 3.8) is 0 Å². The number of hydrogen-bond donors (Lipinski definition) is 7. The quantitative estimate of drug-likeness (QED) is 0.139. The van der Waals surface area contributed by atoms with Gasteiger partial charge >= 0.3 is 5.97 Å². The van der Waals surface area contributed by atoms with E-state index in [0.717, 1.165) is 6.92 Å². The first-order valence-corrected chi connectivity index (χ1v) is 11.7. The van der Waals surface area contributed by atoms with E-state index in [1.165, 1.54) is 0 Å². The number of carbonyl (C=O) groups is 6. The van der Waals surface area contributed by atoms with Crippen molar-refractivity contribution < 1.29 is 39.0 Å². The van der Waals surface area contributed by atoms with Crippen LogP contribution in [0.1, 0.15) is 39.2 Å². The number of carbonyl (C=O) groups excluding carboxylic acids is 5. The Bertz CT molecular complexity index is 969. The summed E-state index contributed by atoms with van der Waals surface area (Å²) in [4.78, 5) is 73.1. The van der Waals surface area contributed by atoms with E-state index in [1.54, 1.807) is 44.2 Å². The summed E-state index contributed by atoms with van der Waals surface area (Å²) in [7, 11) is 0. The summed E-state index contributed by atoms with van der Waals surface area (Å²) in [6.45, 7) is 3.99. The smallest absolute Gasteiger partial charge is 0.326 e. The van der Waals surface area contributed by atoms with Crippen molar-refractivity contribution in [2.45, 2.75) is 64.2 Å². The lowest BCUT2D eigenvalue weighted by Crippen LogP contribution is -2.59. The Morgan fingerprint density at radius 2 is 1.32 bits per heavy atom. The molecule has 37 heavy (non-hydrogen) atoms. The van der Waals surface area contributed by atoms with Crippen LogP contribution >= 0.6 is 0 Å². The molecule has 0 saturated carbocycles. The summed E-state index contributed by atoms with van der Waals surface area (Å²) in [6, 6.07) is 3.17. The van der Waals surface area contributed by atoms with E-state index in [1.807, 2.05) is 0 Å². The van der Waals surface area contributed by atoms with E-state index >= 15 is 0 Å². The standard InChI is InChI=1S/C24H35N5O8/c1-13(2)9-16(27-23(35)19(12-30)26-14(3)31)21(33)28-17(11-20(25)32)22(34)29-18(24(36)37)10-15-7-5-4-6-8-15/h4-8,13,16-19,30H,9-12H2,1-3H3,(H2,25,32)(H,26,31)(H,27,35)(H,28,33)(H,29,34)(H,36,37)/t16-,17-,18-,19-/m0/s1. The van der Waals surface area contributed by atoms with Crippen molar-refractivity contribution in [2.75, 3.05) is 6.61 Å². The summed E-state index contributed by atoms with van der Waals surface area (Å²) in [6.07, 6.45) is -0.550. The minimum atomic E-state index is -1.52. The molecular formula is C24H35N5O8. The van der Waals surface area contributed by atoms with Crippen LogP contribution in [0.2, 0.25) is 0 Å². The molecule has 0 aliphatic heterocycles. The lowest BCUT2D eigenvalue weighted by molar-refractivity contribution is -0.142. The fraction of sp³-hybridized carbons (Fsp3) is 0.500. The Hall–Kier alpha value is -4.00. The summed E-state index contributed by atoms with van der Waals surface area (Å²) in [5, 5.41) is 28.3. The molecule has 1 aromatic rings. The van der Waals surface area contributed by atoms with Crippen molar-refractivity contribution >= 4 is 35.5 Å². The van der Waals surface area contributed by atoms with Gasteiger partial charge in [0.05, 0.1) is 13.0 Å². The molecule has 13 nitrogen and oxygen atoms in total. The average molecular weight is 522 g/mol. The number of nitrogens with two attached hydrogens (primary N) is 1. The highest BCUT2D eigenvalue weighted by Crippen LogP contribution is 2.08. The monoisotopic (exact) mass is 521 g/mol. The van der Waals surface area contributed by atoms with Crippen molar-refractivity contribution in [1.82, 2.24) is 21.3 Å². The number of benzene rings is 1. The highest BCUT2D eigenvalue weighted by atomic mass is 16.4. The normalized spacial score (nSPS) is 14.0. The summed E-state index contributed by atoms with van der Waals surface area (Å²) < 4.78 is 0. The van der Waals surface area contributed by atoms with E-state index in [4.69, 9.17) is 5.73 Å². The fourth-order valence-electron chi connectivity index (χ4n) is 3.42. The summed E-state index contributed by atoms with van der Waals surface area (Å²) in [5.74, 6) is -5.53. The summed E-state index contributed by atoms with van der Waals surface area (Å²) >= 11 is 0. The predicted octanol–water partition coefficient (Wildman–Crippen LogP) is -1.81. The van der Waals surface area contributed by atoms with E-state index in [0.29, 0.717) is 5.56 Å². The van der Waals surface area contributed by atoms with Gasteiger partial charge in [0.25, 0.3) is 0 Å². The fourth-order valence-corrected chi connectivity index (χ4v) is 3.42. The van der Waals surface area contributed by atoms with Gasteiger partial charge < -0.3 is 37.2 Å². The molecule has 0 heterocycles. The largest absolute Gasteiger partial charge is 0.480 e. The molecule has 0 spiro atoms. The van der Waals surface area contributed by atoms with Crippen LogP contribution in [0.25, 0.3) is 0 Å². The Morgan fingerprint density at radius 1 is 0.811 bits per heavy atom. The molecule has 0 unspecified atom stereocenters. The molecule has 8 N–H and O–H groups in total. The van der Waals surface area contributed by atoms with Crippen LogP contribution in [0.15, 0.2) is 30.3 Å². The zero-order valence-corrected chi connectivity index (χ0v) is 21.0. The SMILES string of the molecule is CC(=O)N[C@@H](CO)C(=O)N[C@@H](CC(C)C)C(=O)N[C@@H](CC(N)=O)C(=O)N[C@@H](Cc1ccccc1)C(=O)O. The van der Waals surface area contributed by atoms with E-state index < -0.39 is 72.7 Å². The molecule has 0 saturated heterocycles. The lowest BCUT2D eigenvalue weighted by atomic mass is 10.0. The van der Waals surface area contributed by atoms with Gasteiger partial charge in [-0.05, 0) is 17.9 Å². The van der Waals surface area contributed by atoms with Gasteiger partial charge in [-0.3, -0.25) is 24.0 Å². The Labute approximate surface area is 214 Å². The van der Waals surface area contributed by atoms with Gasteiger partial charge in [-0.15, -0.1) is 0 Å². The number of carboxylic acids is 1. The lowest BCUT2D eigenvalue weighted by Gasteiger charge is -2.26. The summed E-state index contributed by atoms with van der Waals surface area (Å²) in [5.41, 5.74) is 5.88. The van der Waals surface area contributed by atoms with Crippen molar-refractivity contribution in [1.29, 1.82) is 0 Å². The maximum absolute atomic E-state index is 13.0. The second-order valence-corrected chi connectivity index (χ2v) is 8.95. The van der Waals surface area contributed by atoms with Crippen LogP contribution in [-0.2, 0) is 35.2 Å². The van der Waals surface area contributed by atoms with Gasteiger partial charge in [0.2, 0.25) is 29.5 Å². The first-order chi connectivity index (χ1) is 17.3. The van der Waals surface area contributed by atoms with Gasteiger partial charge in [0, 0.05) is 13.3 Å². The molecule has 0 aliphatic rings. The van der Waals surface area contributed by atoms with Gasteiger partial charge in [-0.25, -0.2) is 4.79 Å². The molecule has 5 amide bonds. The minimum absolute atomic E-state index is 0.0448. The number of primary amides is 1. The second-order valence-electron chi connectivity index (χ2n) is 8.95. The molecule has 204 valence electrons. The highest BCUT2D eigenvalue weighted by Gasteiger charge is 2.32. The first-order valence-electron chi connectivity index (χ1n) is 11.7. The molecule has 0 aliphatic carbocycles. The highest BCUT2D eigenvalue weighted by molar-refractivity contribution is 5.96. The Morgan fingerprint density at radius 3 is 1.81 bits per heavy atom. The van der Waals surface area contributed by atoms with E-state index in [2.05, 4.69) is 21.3 Å². The Balaban J connectivity index is 3.04. The maximum atomic E-state index is 13.0. The zero-order chi connectivity index (χ0) is 28.1. The number of rotatable bonds is 15. The molecule has 13 heteroatoms. The maximum Gasteiger partial charge on any atom is 0.326 e.